The third-order valence-electron chi connectivity index (χ3n) is 4.67. The molecule has 1 saturated heterocycles. The number of esters is 1. The molecular formula is C19H29NO11S2. The monoisotopic (exact) mass is 511 g/mol. The molecular weight excluding hydrogens is 482 g/mol. The molecule has 33 heavy (non-hydrogen) atoms. The number of rotatable bonds is 10. The number of carbonyl (C=O) groups excluding carboxylic acids is 1. The van der Waals surface area contributed by atoms with Crippen LogP contribution >= 0.6 is 0 Å². The molecule has 12 nitrogen and oxygen atoms in total. The maximum absolute atomic E-state index is 13.0. The summed E-state index contributed by atoms with van der Waals surface area (Å²) in [6.07, 6.45) is -3.47. The maximum atomic E-state index is 13.0. The first kappa shape index (κ1) is 27.4. The van der Waals surface area contributed by atoms with Crippen molar-refractivity contribution in [2.24, 2.45) is 0 Å². The summed E-state index contributed by atoms with van der Waals surface area (Å²) < 4.78 is 76.8. The molecule has 0 unspecified atom stereocenters. The molecule has 0 aromatic heterocycles. The van der Waals surface area contributed by atoms with E-state index >= 15 is 0 Å². The van der Waals surface area contributed by atoms with Crippen LogP contribution < -0.4 is 9.46 Å². The van der Waals surface area contributed by atoms with Gasteiger partial charge in [0.2, 0.25) is 10.0 Å². The molecule has 2 rings (SSSR count). The molecule has 0 aliphatic carbocycles. The fourth-order valence-electron chi connectivity index (χ4n) is 3.10. The second-order valence-corrected chi connectivity index (χ2v) is 11.3. The van der Waals surface area contributed by atoms with Gasteiger partial charge in [-0.05, 0) is 38.1 Å². The fourth-order valence-corrected chi connectivity index (χ4v) is 4.69. The van der Waals surface area contributed by atoms with E-state index < -0.39 is 62.7 Å². The molecule has 188 valence electrons. The molecule has 0 bridgehead atoms. The van der Waals surface area contributed by atoms with Crippen LogP contribution in [0.5, 0.6) is 5.75 Å². The van der Waals surface area contributed by atoms with Crippen molar-refractivity contribution in [3.8, 4) is 5.75 Å². The predicted octanol–water partition coefficient (Wildman–Crippen LogP) is -0.585. The third kappa shape index (κ3) is 7.60. The van der Waals surface area contributed by atoms with Gasteiger partial charge >= 0.3 is 5.97 Å². The van der Waals surface area contributed by atoms with Crippen molar-refractivity contribution < 1.29 is 49.9 Å². The summed E-state index contributed by atoms with van der Waals surface area (Å²) in [5, 5.41) is 10.5. The van der Waals surface area contributed by atoms with Crippen LogP contribution in [-0.2, 0) is 43.3 Å². The molecule has 1 fully saturated rings. The number of aliphatic hydroxyl groups excluding tert-OH is 1. The number of ether oxygens (including phenoxy) is 4. The summed E-state index contributed by atoms with van der Waals surface area (Å²) in [5.74, 6) is -0.571. The van der Waals surface area contributed by atoms with E-state index in [2.05, 4.69) is 8.91 Å². The highest BCUT2D eigenvalue weighted by Gasteiger charge is 2.48. The van der Waals surface area contributed by atoms with E-state index in [0.29, 0.717) is 5.75 Å². The smallest absolute Gasteiger partial charge is 0.326 e. The van der Waals surface area contributed by atoms with Crippen molar-refractivity contribution in [2.75, 3.05) is 33.7 Å². The highest BCUT2D eigenvalue weighted by Crippen LogP contribution is 2.29. The molecule has 1 aromatic rings. The minimum absolute atomic E-state index is 0.0246. The lowest BCUT2D eigenvalue weighted by molar-refractivity contribution is -0.248. The van der Waals surface area contributed by atoms with Crippen LogP contribution in [0.1, 0.15) is 13.8 Å². The van der Waals surface area contributed by atoms with Crippen LogP contribution in [0.15, 0.2) is 29.2 Å². The fraction of sp³-hybridized carbons (Fsp3) is 0.632. The van der Waals surface area contributed by atoms with Crippen molar-refractivity contribution in [1.82, 2.24) is 4.72 Å². The van der Waals surface area contributed by atoms with Gasteiger partial charge in [0.1, 0.15) is 30.1 Å². The molecule has 0 saturated carbocycles. The number of nitrogens with one attached hydrogen (secondary N) is 1. The number of benzene rings is 1. The van der Waals surface area contributed by atoms with Gasteiger partial charge in [-0.15, -0.1) is 0 Å². The Kier molecular flexibility index (Phi) is 8.84. The number of hydrogen-bond donors (Lipinski definition) is 2. The minimum Gasteiger partial charge on any atom is -0.497 e. The lowest BCUT2D eigenvalue weighted by atomic mass is 9.97. The Morgan fingerprint density at radius 3 is 2.30 bits per heavy atom. The van der Waals surface area contributed by atoms with E-state index in [4.69, 9.17) is 18.9 Å². The predicted molar refractivity (Wildman–Crippen MR) is 115 cm³/mol. The molecule has 2 N–H and O–H groups in total. The Bertz CT molecular complexity index is 1020. The molecule has 1 aliphatic heterocycles. The second kappa shape index (κ2) is 10.6. The first-order chi connectivity index (χ1) is 15.2. The second-order valence-electron chi connectivity index (χ2n) is 7.97. The highest BCUT2D eigenvalue weighted by atomic mass is 32.2. The van der Waals surface area contributed by atoms with Gasteiger partial charge in [0.25, 0.3) is 10.1 Å². The topological polar surface area (TPSA) is 164 Å². The van der Waals surface area contributed by atoms with Crippen molar-refractivity contribution in [2.45, 2.75) is 48.7 Å². The quantitative estimate of drug-likeness (QED) is 0.305. The third-order valence-corrected chi connectivity index (χ3v) is 6.69. The van der Waals surface area contributed by atoms with Gasteiger partial charge in [-0.1, -0.05) is 0 Å². The van der Waals surface area contributed by atoms with Crippen molar-refractivity contribution in [3.05, 3.63) is 24.3 Å². The minimum atomic E-state index is -4.26. The Morgan fingerprint density at radius 2 is 1.79 bits per heavy atom. The summed E-state index contributed by atoms with van der Waals surface area (Å²) in [6.45, 7) is 2.57. The first-order valence-electron chi connectivity index (χ1n) is 9.75. The van der Waals surface area contributed by atoms with E-state index in [9.17, 15) is 26.7 Å². The van der Waals surface area contributed by atoms with Crippen LogP contribution in [0, 0.1) is 0 Å². The van der Waals surface area contributed by atoms with Gasteiger partial charge in [-0.25, -0.2) is 8.42 Å². The standard InChI is InChI=1S/C19H29NO11S2/c1-19(2)11-29-16(14(21)10-30-32(5,23)24)17(31-19)15(18(22)28-4)20-33(25,26)13-8-6-12(27-3)7-9-13/h6-9,14-17,20-21H,10-11H2,1-5H3/t14-,15+,16+,17+/m0/s1. The van der Waals surface area contributed by atoms with Crippen LogP contribution in [0.25, 0.3) is 0 Å². The van der Waals surface area contributed by atoms with Gasteiger partial charge in [-0.3, -0.25) is 8.98 Å². The number of aliphatic hydroxyl groups is 1. The Hall–Kier alpha value is -1.81. The van der Waals surface area contributed by atoms with Crippen LogP contribution in [-0.4, -0.2) is 91.6 Å². The van der Waals surface area contributed by atoms with Crippen molar-refractivity contribution in [1.29, 1.82) is 0 Å². The zero-order valence-corrected chi connectivity index (χ0v) is 20.5. The number of sulfonamides is 1. The van der Waals surface area contributed by atoms with Gasteiger partial charge in [0.15, 0.2) is 0 Å². The van der Waals surface area contributed by atoms with Crippen LogP contribution in [0.4, 0.5) is 0 Å². The van der Waals surface area contributed by atoms with E-state index in [1.807, 2.05) is 0 Å². The zero-order chi connectivity index (χ0) is 25.0. The largest absolute Gasteiger partial charge is 0.497 e. The molecule has 1 heterocycles. The average molecular weight is 512 g/mol. The van der Waals surface area contributed by atoms with E-state index in [0.717, 1.165) is 13.4 Å². The van der Waals surface area contributed by atoms with Gasteiger partial charge < -0.3 is 24.1 Å². The lowest BCUT2D eigenvalue weighted by Gasteiger charge is -2.44. The normalized spacial score (nSPS) is 22.8. The van der Waals surface area contributed by atoms with Gasteiger partial charge in [0.05, 0.1) is 44.2 Å². The summed E-state index contributed by atoms with van der Waals surface area (Å²) >= 11 is 0. The summed E-state index contributed by atoms with van der Waals surface area (Å²) in [5.41, 5.74) is -0.962. The van der Waals surface area contributed by atoms with E-state index in [-0.39, 0.29) is 11.5 Å². The molecule has 1 aromatic carbocycles. The maximum Gasteiger partial charge on any atom is 0.326 e. The Morgan fingerprint density at radius 1 is 1.18 bits per heavy atom. The average Bonchev–Trinajstić information content (AvgIpc) is 2.74. The molecule has 0 amide bonds. The zero-order valence-electron chi connectivity index (χ0n) is 18.9. The van der Waals surface area contributed by atoms with Crippen LogP contribution in [0.2, 0.25) is 0 Å². The van der Waals surface area contributed by atoms with E-state index in [1.54, 1.807) is 13.8 Å². The summed E-state index contributed by atoms with van der Waals surface area (Å²) in [7, 11) is -5.66. The van der Waals surface area contributed by atoms with Crippen molar-refractivity contribution >= 4 is 26.1 Å². The van der Waals surface area contributed by atoms with E-state index in [1.165, 1.54) is 31.4 Å². The van der Waals surface area contributed by atoms with Crippen molar-refractivity contribution in [3.63, 3.8) is 0 Å². The molecule has 4 atom stereocenters. The molecule has 0 spiro atoms. The Balaban J connectivity index is 2.38. The number of hydrogen-bond acceptors (Lipinski definition) is 11. The van der Waals surface area contributed by atoms with Gasteiger partial charge in [0, 0.05) is 0 Å². The first-order valence-corrected chi connectivity index (χ1v) is 13.0. The SMILES string of the molecule is COC(=O)[C@H](NS(=O)(=O)c1ccc(OC)cc1)[C@H]1OC(C)(C)CO[C@@H]1[C@@H](O)COS(C)(=O)=O. The Labute approximate surface area is 193 Å². The molecule has 14 heteroatoms. The molecule has 1 aliphatic rings. The summed E-state index contributed by atoms with van der Waals surface area (Å²) in [6, 6.07) is 3.79. The lowest BCUT2D eigenvalue weighted by Crippen LogP contribution is -2.63. The van der Waals surface area contributed by atoms with Gasteiger partial charge in [-0.2, -0.15) is 13.1 Å². The molecule has 0 radical (unpaired) electrons. The van der Waals surface area contributed by atoms with Crippen LogP contribution in [0.3, 0.4) is 0 Å². The number of carbonyl (C=O) groups is 1. The number of methoxy groups -OCH3 is 2. The highest BCUT2D eigenvalue weighted by molar-refractivity contribution is 7.89. The summed E-state index contributed by atoms with van der Waals surface area (Å²) in [4.78, 5) is 12.4.